The van der Waals surface area contributed by atoms with Crippen molar-refractivity contribution >= 4 is 0 Å². The predicted octanol–water partition coefficient (Wildman–Crippen LogP) is 4.08. The summed E-state index contributed by atoms with van der Waals surface area (Å²) in [5.74, 6) is 0.833. The monoisotopic (exact) mass is 201 g/mol. The summed E-state index contributed by atoms with van der Waals surface area (Å²) in [6.07, 6.45) is 2.68. The Morgan fingerprint density at radius 2 is 1.21 bits per heavy atom. The lowest BCUT2D eigenvalue weighted by molar-refractivity contribution is 0.259. The summed E-state index contributed by atoms with van der Waals surface area (Å²) >= 11 is 0. The Morgan fingerprint density at radius 1 is 0.929 bits per heavy atom. The highest BCUT2D eigenvalue weighted by Gasteiger charge is 2.19. The molecule has 0 aromatic heterocycles. The van der Waals surface area contributed by atoms with Crippen LogP contribution in [0.2, 0.25) is 0 Å². The van der Waals surface area contributed by atoms with E-state index in [1.807, 2.05) is 13.8 Å². The van der Waals surface area contributed by atoms with Crippen LogP contribution in [0, 0.1) is 11.3 Å². The Hall–Kier alpha value is -0.0400. The van der Waals surface area contributed by atoms with Crippen LogP contribution in [0.1, 0.15) is 61.3 Å². The van der Waals surface area contributed by atoms with E-state index in [1.165, 1.54) is 25.9 Å². The van der Waals surface area contributed by atoms with Crippen LogP contribution in [0.3, 0.4) is 0 Å². The molecule has 1 aliphatic heterocycles. The Labute approximate surface area is 91.7 Å². The van der Waals surface area contributed by atoms with Gasteiger partial charge in [0.05, 0.1) is 0 Å². The first kappa shape index (κ1) is 16.4. The third kappa shape index (κ3) is 14.5. The molecule has 1 aliphatic rings. The maximum Gasteiger partial charge on any atom is -0.00438 e. The predicted molar refractivity (Wildman–Crippen MR) is 67.7 cm³/mol. The molecule has 0 bridgehead atoms. The Morgan fingerprint density at radius 3 is 1.36 bits per heavy atom. The lowest BCUT2D eigenvalue weighted by Crippen LogP contribution is -2.32. The van der Waals surface area contributed by atoms with E-state index in [0.717, 1.165) is 5.92 Å². The van der Waals surface area contributed by atoms with Crippen molar-refractivity contribution in [2.45, 2.75) is 61.3 Å². The molecule has 1 saturated heterocycles. The van der Waals surface area contributed by atoms with E-state index in [4.69, 9.17) is 0 Å². The van der Waals surface area contributed by atoms with Crippen LogP contribution in [0.4, 0.5) is 0 Å². The van der Waals surface area contributed by atoms with Gasteiger partial charge in [-0.15, -0.1) is 0 Å². The summed E-state index contributed by atoms with van der Waals surface area (Å²) in [6.45, 7) is 17.6. The second-order valence-corrected chi connectivity index (χ2v) is 5.15. The maximum absolute atomic E-state index is 3.34. The van der Waals surface area contributed by atoms with Crippen molar-refractivity contribution in [3.8, 4) is 0 Å². The standard InChI is InChI=1S/C7H15N.C4H10.C2H6/c1-7(2)3-5-8-6-4-7;1-4(2)3;1-2/h8H,3-6H2,1-2H3;4H,1-3H3;1-2H3. The van der Waals surface area contributed by atoms with Crippen molar-refractivity contribution in [2.75, 3.05) is 13.1 Å². The fourth-order valence-electron chi connectivity index (χ4n) is 1.10. The summed E-state index contributed by atoms with van der Waals surface area (Å²) in [5.41, 5.74) is 0.616. The van der Waals surface area contributed by atoms with Crippen molar-refractivity contribution in [3.05, 3.63) is 0 Å². The molecule has 0 aromatic rings. The van der Waals surface area contributed by atoms with E-state index in [0.29, 0.717) is 5.41 Å². The minimum Gasteiger partial charge on any atom is -0.317 e. The first-order valence-corrected chi connectivity index (χ1v) is 6.15. The zero-order chi connectivity index (χ0) is 11.6. The highest BCUT2D eigenvalue weighted by Crippen LogP contribution is 2.25. The van der Waals surface area contributed by atoms with Gasteiger partial charge in [-0.2, -0.15) is 0 Å². The zero-order valence-corrected chi connectivity index (χ0v) is 11.4. The molecule has 0 amide bonds. The number of piperidine rings is 1. The van der Waals surface area contributed by atoms with Gasteiger partial charge >= 0.3 is 0 Å². The number of hydrogen-bond donors (Lipinski definition) is 1. The van der Waals surface area contributed by atoms with Crippen LogP contribution >= 0.6 is 0 Å². The van der Waals surface area contributed by atoms with Gasteiger partial charge in [0.15, 0.2) is 0 Å². The molecule has 1 heterocycles. The zero-order valence-electron chi connectivity index (χ0n) is 11.4. The lowest BCUT2D eigenvalue weighted by Gasteiger charge is -2.29. The first-order valence-electron chi connectivity index (χ1n) is 6.15. The van der Waals surface area contributed by atoms with Crippen molar-refractivity contribution in [3.63, 3.8) is 0 Å². The first-order chi connectivity index (χ1) is 6.44. The summed E-state index contributed by atoms with van der Waals surface area (Å²) in [7, 11) is 0. The van der Waals surface area contributed by atoms with E-state index in [1.54, 1.807) is 0 Å². The van der Waals surface area contributed by atoms with Crippen molar-refractivity contribution < 1.29 is 0 Å². The van der Waals surface area contributed by atoms with Crippen LogP contribution in [0.25, 0.3) is 0 Å². The molecule has 1 N–H and O–H groups in total. The van der Waals surface area contributed by atoms with Gasteiger partial charge in [0.1, 0.15) is 0 Å². The fraction of sp³-hybridized carbons (Fsp3) is 1.00. The molecule has 0 radical (unpaired) electrons. The summed E-state index contributed by atoms with van der Waals surface area (Å²) in [5, 5.41) is 3.34. The van der Waals surface area contributed by atoms with Gasteiger partial charge in [0.25, 0.3) is 0 Å². The van der Waals surface area contributed by atoms with Gasteiger partial charge < -0.3 is 5.32 Å². The highest BCUT2D eigenvalue weighted by atomic mass is 14.9. The van der Waals surface area contributed by atoms with Crippen LogP contribution in [0.5, 0.6) is 0 Å². The van der Waals surface area contributed by atoms with Gasteiger partial charge in [-0.1, -0.05) is 48.5 Å². The normalized spacial score (nSPS) is 18.9. The van der Waals surface area contributed by atoms with Gasteiger partial charge in [0, 0.05) is 0 Å². The van der Waals surface area contributed by atoms with Crippen molar-refractivity contribution in [1.82, 2.24) is 5.32 Å². The third-order valence-corrected chi connectivity index (χ3v) is 1.96. The molecule has 0 saturated carbocycles. The largest absolute Gasteiger partial charge is 0.317 e. The molecular formula is C13H31N. The maximum atomic E-state index is 3.34. The average molecular weight is 201 g/mol. The lowest BCUT2D eigenvalue weighted by atomic mass is 9.83. The fourth-order valence-corrected chi connectivity index (χ4v) is 1.10. The van der Waals surface area contributed by atoms with Crippen molar-refractivity contribution in [2.24, 2.45) is 11.3 Å². The van der Waals surface area contributed by atoms with Gasteiger partial charge in [-0.05, 0) is 37.3 Å². The molecule has 1 rings (SSSR count). The minimum absolute atomic E-state index is 0.616. The van der Waals surface area contributed by atoms with E-state index in [9.17, 15) is 0 Å². The molecule has 0 unspecified atom stereocenters. The summed E-state index contributed by atoms with van der Waals surface area (Å²) < 4.78 is 0. The van der Waals surface area contributed by atoms with Gasteiger partial charge in [0.2, 0.25) is 0 Å². The molecule has 0 atom stereocenters. The average Bonchev–Trinajstić information content (AvgIpc) is 2.06. The molecule has 1 nitrogen and oxygen atoms in total. The Bertz CT molecular complexity index is 95.0. The topological polar surface area (TPSA) is 12.0 Å². The van der Waals surface area contributed by atoms with Crippen molar-refractivity contribution in [1.29, 1.82) is 0 Å². The molecule has 0 spiro atoms. The van der Waals surface area contributed by atoms with Crippen LogP contribution in [-0.2, 0) is 0 Å². The Balaban J connectivity index is 0. The molecule has 1 fully saturated rings. The Kier molecular flexibility index (Phi) is 11.1. The van der Waals surface area contributed by atoms with Crippen LogP contribution in [0.15, 0.2) is 0 Å². The van der Waals surface area contributed by atoms with E-state index >= 15 is 0 Å². The molecule has 1 heteroatoms. The van der Waals surface area contributed by atoms with Gasteiger partial charge in [-0.25, -0.2) is 0 Å². The van der Waals surface area contributed by atoms with E-state index in [-0.39, 0.29) is 0 Å². The molecule has 0 aromatic carbocycles. The van der Waals surface area contributed by atoms with Crippen LogP contribution < -0.4 is 5.32 Å². The molecule has 0 aliphatic carbocycles. The second-order valence-electron chi connectivity index (χ2n) is 5.15. The second kappa shape index (κ2) is 9.51. The summed E-state index contributed by atoms with van der Waals surface area (Å²) in [6, 6.07) is 0. The number of hydrogen-bond acceptors (Lipinski definition) is 1. The number of nitrogens with one attached hydrogen (secondary N) is 1. The number of rotatable bonds is 0. The minimum atomic E-state index is 0.616. The SMILES string of the molecule is CC.CC(C)C.CC1(C)CCNCC1. The smallest absolute Gasteiger partial charge is 0.00438 e. The molecule has 88 valence electrons. The van der Waals surface area contributed by atoms with E-state index in [2.05, 4.69) is 39.9 Å². The third-order valence-electron chi connectivity index (χ3n) is 1.96. The van der Waals surface area contributed by atoms with E-state index < -0.39 is 0 Å². The quantitative estimate of drug-likeness (QED) is 0.622. The summed E-state index contributed by atoms with van der Waals surface area (Å²) in [4.78, 5) is 0. The van der Waals surface area contributed by atoms with Crippen LogP contribution in [-0.4, -0.2) is 13.1 Å². The molecule has 14 heavy (non-hydrogen) atoms. The van der Waals surface area contributed by atoms with Gasteiger partial charge in [-0.3, -0.25) is 0 Å². The molecular weight excluding hydrogens is 170 g/mol. The highest BCUT2D eigenvalue weighted by molar-refractivity contribution is 4.75.